The van der Waals surface area contributed by atoms with Crippen molar-refractivity contribution in [2.45, 2.75) is 25.4 Å². The van der Waals surface area contributed by atoms with Gasteiger partial charge in [0.25, 0.3) is 5.91 Å². The van der Waals surface area contributed by atoms with Crippen LogP contribution in [0.3, 0.4) is 0 Å². The average molecular weight is 302 g/mol. The largest absolute Gasteiger partial charge is 0.495 e. The first-order valence-electron chi connectivity index (χ1n) is 6.96. The van der Waals surface area contributed by atoms with Gasteiger partial charge in [-0.1, -0.05) is 12.1 Å². The summed E-state index contributed by atoms with van der Waals surface area (Å²) in [5, 5.41) is 1.89. The summed E-state index contributed by atoms with van der Waals surface area (Å²) in [5.74, 6) is 0.704. The highest BCUT2D eigenvalue weighted by atomic mass is 32.1. The number of anilines is 1. The third-order valence-electron chi connectivity index (χ3n) is 3.60. The molecule has 1 aromatic carbocycles. The molecular formula is C16H18N2O2S. The van der Waals surface area contributed by atoms with Gasteiger partial charge in [0.05, 0.1) is 7.11 Å². The minimum absolute atomic E-state index is 0.0479. The van der Waals surface area contributed by atoms with Crippen LogP contribution >= 0.6 is 11.3 Å². The normalized spacial score (nSPS) is 14.0. The van der Waals surface area contributed by atoms with E-state index in [0.29, 0.717) is 23.2 Å². The van der Waals surface area contributed by atoms with Crippen LogP contribution in [0, 0.1) is 0 Å². The van der Waals surface area contributed by atoms with E-state index in [2.05, 4.69) is 0 Å². The van der Waals surface area contributed by atoms with Gasteiger partial charge in [-0.15, -0.1) is 11.3 Å². The Hall–Kier alpha value is -2.01. The minimum atomic E-state index is 0.0479. The molecular weight excluding hydrogens is 284 g/mol. The minimum Gasteiger partial charge on any atom is -0.495 e. The van der Waals surface area contributed by atoms with E-state index in [-0.39, 0.29) is 5.91 Å². The van der Waals surface area contributed by atoms with Crippen LogP contribution in [0.1, 0.15) is 28.1 Å². The summed E-state index contributed by atoms with van der Waals surface area (Å²) in [6.07, 6.45) is 2.14. The van der Waals surface area contributed by atoms with Gasteiger partial charge in [0.2, 0.25) is 0 Å². The van der Waals surface area contributed by atoms with Crippen LogP contribution < -0.4 is 10.5 Å². The number of thiophene rings is 1. The van der Waals surface area contributed by atoms with Gasteiger partial charge >= 0.3 is 0 Å². The second-order valence-corrected chi connectivity index (χ2v) is 6.14. The number of nitrogen functional groups attached to an aromatic ring is 1. The van der Waals surface area contributed by atoms with Gasteiger partial charge in [-0.3, -0.25) is 4.79 Å². The van der Waals surface area contributed by atoms with Gasteiger partial charge in [0.15, 0.2) is 0 Å². The number of amides is 1. The summed E-state index contributed by atoms with van der Waals surface area (Å²) in [5.41, 5.74) is 7.61. The molecule has 2 N–H and O–H groups in total. The number of benzene rings is 1. The molecule has 0 saturated heterocycles. The molecule has 0 atom stereocenters. The molecule has 21 heavy (non-hydrogen) atoms. The molecule has 0 bridgehead atoms. The molecule has 110 valence electrons. The molecule has 2 aromatic rings. The molecule has 1 aliphatic carbocycles. The van der Waals surface area contributed by atoms with Crippen LogP contribution in [0.25, 0.3) is 0 Å². The molecule has 1 saturated carbocycles. The quantitative estimate of drug-likeness (QED) is 0.863. The third-order valence-corrected chi connectivity index (χ3v) is 4.48. The van der Waals surface area contributed by atoms with E-state index in [1.807, 2.05) is 40.6 Å². The van der Waals surface area contributed by atoms with Gasteiger partial charge in [-0.05, 0) is 42.0 Å². The highest BCUT2D eigenvalue weighted by molar-refractivity contribution is 7.12. The predicted molar refractivity (Wildman–Crippen MR) is 84.6 cm³/mol. The van der Waals surface area contributed by atoms with Gasteiger partial charge < -0.3 is 15.4 Å². The number of carbonyl (C=O) groups is 1. The van der Waals surface area contributed by atoms with E-state index in [9.17, 15) is 4.79 Å². The van der Waals surface area contributed by atoms with Crippen LogP contribution in [0.5, 0.6) is 5.75 Å². The molecule has 1 fully saturated rings. The summed E-state index contributed by atoms with van der Waals surface area (Å²) in [6.45, 7) is 0.593. The number of hydrogen-bond acceptors (Lipinski definition) is 4. The smallest absolute Gasteiger partial charge is 0.268 e. The fraction of sp³-hybridized carbons (Fsp3) is 0.312. The van der Waals surface area contributed by atoms with Crippen molar-refractivity contribution in [3.63, 3.8) is 0 Å². The summed E-state index contributed by atoms with van der Waals surface area (Å²) in [6, 6.07) is 9.88. The Bertz CT molecular complexity index is 649. The first kappa shape index (κ1) is 13.9. The summed E-state index contributed by atoms with van der Waals surface area (Å²) < 4.78 is 5.27. The number of nitrogens with zero attached hydrogens (tertiary/aromatic N) is 1. The number of nitrogens with two attached hydrogens (primary N) is 1. The molecule has 0 spiro atoms. The Morgan fingerprint density at radius 3 is 2.90 bits per heavy atom. The molecule has 0 aliphatic heterocycles. The Morgan fingerprint density at radius 1 is 1.43 bits per heavy atom. The average Bonchev–Trinajstić information content (AvgIpc) is 3.20. The van der Waals surface area contributed by atoms with E-state index < -0.39 is 0 Å². The fourth-order valence-electron chi connectivity index (χ4n) is 2.39. The molecule has 5 heteroatoms. The van der Waals surface area contributed by atoms with E-state index in [4.69, 9.17) is 10.5 Å². The van der Waals surface area contributed by atoms with E-state index in [0.717, 1.165) is 24.1 Å². The maximum absolute atomic E-state index is 12.8. The molecule has 3 rings (SSSR count). The van der Waals surface area contributed by atoms with E-state index in [1.165, 1.54) is 11.3 Å². The number of carbonyl (C=O) groups excluding carboxylic acids is 1. The number of methoxy groups -OCH3 is 1. The first-order valence-corrected chi connectivity index (χ1v) is 7.84. The number of ether oxygens (including phenoxy) is 1. The molecule has 1 aliphatic rings. The van der Waals surface area contributed by atoms with Crippen LogP contribution in [0.2, 0.25) is 0 Å². The summed E-state index contributed by atoms with van der Waals surface area (Å²) in [7, 11) is 1.60. The SMILES string of the molecule is COc1ccsc1C(=O)N(Cc1cccc(N)c1)C1CC1. The van der Waals surface area contributed by atoms with Gasteiger partial charge in [-0.2, -0.15) is 0 Å². The first-order chi connectivity index (χ1) is 10.2. The Kier molecular flexibility index (Phi) is 3.84. The van der Waals surface area contributed by atoms with Crippen LogP contribution in [0.4, 0.5) is 5.69 Å². The lowest BCUT2D eigenvalue weighted by Gasteiger charge is -2.22. The van der Waals surface area contributed by atoms with Crippen LogP contribution in [0.15, 0.2) is 35.7 Å². The fourth-order valence-corrected chi connectivity index (χ4v) is 3.20. The highest BCUT2D eigenvalue weighted by Gasteiger charge is 2.34. The van der Waals surface area contributed by atoms with Crippen molar-refractivity contribution in [1.82, 2.24) is 4.90 Å². The Labute approximate surface area is 128 Å². The summed E-state index contributed by atoms with van der Waals surface area (Å²) in [4.78, 5) is 15.4. The zero-order valence-electron chi connectivity index (χ0n) is 11.9. The molecule has 1 aromatic heterocycles. The zero-order valence-corrected chi connectivity index (χ0v) is 12.7. The second kappa shape index (κ2) is 5.77. The topological polar surface area (TPSA) is 55.6 Å². The maximum atomic E-state index is 12.8. The van der Waals surface area contributed by atoms with Crippen molar-refractivity contribution in [2.75, 3.05) is 12.8 Å². The van der Waals surface area contributed by atoms with Crippen LogP contribution in [-0.2, 0) is 6.54 Å². The highest BCUT2D eigenvalue weighted by Crippen LogP contribution is 2.33. The van der Waals surface area contributed by atoms with Crippen molar-refractivity contribution in [2.24, 2.45) is 0 Å². The van der Waals surface area contributed by atoms with Crippen molar-refractivity contribution >= 4 is 22.9 Å². The lowest BCUT2D eigenvalue weighted by Crippen LogP contribution is -2.32. The second-order valence-electron chi connectivity index (χ2n) is 5.23. The molecule has 0 radical (unpaired) electrons. The molecule has 1 amide bonds. The van der Waals surface area contributed by atoms with Crippen molar-refractivity contribution in [1.29, 1.82) is 0 Å². The van der Waals surface area contributed by atoms with Gasteiger partial charge in [0, 0.05) is 18.3 Å². The van der Waals surface area contributed by atoms with Crippen molar-refractivity contribution in [3.8, 4) is 5.75 Å². The standard InChI is InChI=1S/C16H18N2O2S/c1-20-14-7-8-21-15(14)16(19)18(13-5-6-13)10-11-3-2-4-12(17)9-11/h2-4,7-9,13H,5-6,10,17H2,1H3. The van der Waals surface area contributed by atoms with Crippen molar-refractivity contribution in [3.05, 3.63) is 46.2 Å². The zero-order chi connectivity index (χ0) is 14.8. The lowest BCUT2D eigenvalue weighted by atomic mass is 10.2. The molecule has 1 heterocycles. The van der Waals surface area contributed by atoms with Gasteiger partial charge in [-0.25, -0.2) is 0 Å². The van der Waals surface area contributed by atoms with Crippen LogP contribution in [-0.4, -0.2) is 24.0 Å². The van der Waals surface area contributed by atoms with E-state index in [1.54, 1.807) is 7.11 Å². The number of rotatable bonds is 5. The molecule has 0 unspecified atom stereocenters. The Morgan fingerprint density at radius 2 is 2.24 bits per heavy atom. The molecule has 4 nitrogen and oxygen atoms in total. The predicted octanol–water partition coefficient (Wildman–Crippen LogP) is 3.14. The lowest BCUT2D eigenvalue weighted by molar-refractivity contribution is 0.0732. The van der Waals surface area contributed by atoms with Gasteiger partial charge in [0.1, 0.15) is 10.6 Å². The summed E-state index contributed by atoms with van der Waals surface area (Å²) >= 11 is 1.43. The monoisotopic (exact) mass is 302 g/mol. The maximum Gasteiger partial charge on any atom is 0.268 e. The number of hydrogen-bond donors (Lipinski definition) is 1. The van der Waals surface area contributed by atoms with E-state index >= 15 is 0 Å². The Balaban J connectivity index is 1.83. The third kappa shape index (κ3) is 3.03. The van der Waals surface area contributed by atoms with Crippen molar-refractivity contribution < 1.29 is 9.53 Å².